The zero-order valence-electron chi connectivity index (χ0n) is 7.77. The maximum absolute atomic E-state index is 12.4. The van der Waals surface area contributed by atoms with Crippen LogP contribution in [0.25, 0.3) is 10.9 Å². The van der Waals surface area contributed by atoms with Crippen LogP contribution in [0.5, 0.6) is 0 Å². The lowest BCUT2D eigenvalue weighted by molar-refractivity contribution is -0.00495. The summed E-state index contributed by atoms with van der Waals surface area (Å²) < 4.78 is 24.7. The number of pyridine rings is 1. The van der Waals surface area contributed by atoms with Crippen LogP contribution in [0.1, 0.15) is 11.7 Å². The summed E-state index contributed by atoms with van der Waals surface area (Å²) in [5, 5.41) is 9.88. The average Bonchev–Trinajstić information content (AvgIpc) is 2.27. The molecule has 0 radical (unpaired) electrons. The van der Waals surface area contributed by atoms with E-state index < -0.39 is 12.5 Å². The standard InChI is InChI=1S/C11H9F2NO/c12-11(13)10(15)8-3-1-5-9-7(8)4-2-6-14-9/h1-6,10-11,15H. The SMILES string of the molecule is OC(c1cccc2ncccc12)C(F)F. The molecule has 0 aliphatic carbocycles. The molecule has 0 amide bonds. The third-order valence-corrected chi connectivity index (χ3v) is 2.24. The highest BCUT2D eigenvalue weighted by Crippen LogP contribution is 2.26. The number of nitrogens with zero attached hydrogens (tertiary/aromatic N) is 1. The first-order valence-electron chi connectivity index (χ1n) is 4.50. The predicted octanol–water partition coefficient (Wildman–Crippen LogP) is 2.53. The maximum Gasteiger partial charge on any atom is 0.268 e. The number of aliphatic hydroxyl groups excluding tert-OH is 1. The van der Waals surface area contributed by atoms with Gasteiger partial charge in [0.25, 0.3) is 6.43 Å². The first-order chi connectivity index (χ1) is 7.20. The first kappa shape index (κ1) is 9.98. The number of alkyl halides is 2. The highest BCUT2D eigenvalue weighted by molar-refractivity contribution is 5.82. The van der Waals surface area contributed by atoms with E-state index in [1.807, 2.05) is 0 Å². The van der Waals surface area contributed by atoms with E-state index in [-0.39, 0.29) is 5.56 Å². The summed E-state index contributed by atoms with van der Waals surface area (Å²) in [6.07, 6.45) is -2.95. The summed E-state index contributed by atoms with van der Waals surface area (Å²) in [7, 11) is 0. The Balaban J connectivity index is 2.60. The number of aromatic nitrogens is 1. The molecule has 0 saturated heterocycles. The van der Waals surface area contributed by atoms with Gasteiger partial charge in [-0.1, -0.05) is 18.2 Å². The van der Waals surface area contributed by atoms with E-state index in [9.17, 15) is 13.9 Å². The van der Waals surface area contributed by atoms with Gasteiger partial charge < -0.3 is 5.11 Å². The van der Waals surface area contributed by atoms with E-state index in [1.54, 1.807) is 30.5 Å². The number of hydrogen-bond acceptors (Lipinski definition) is 2. The first-order valence-corrected chi connectivity index (χ1v) is 4.50. The number of halogens is 2. The van der Waals surface area contributed by atoms with Gasteiger partial charge in [-0.15, -0.1) is 0 Å². The molecule has 78 valence electrons. The molecule has 1 N–H and O–H groups in total. The molecule has 1 unspecified atom stereocenters. The molecular weight excluding hydrogens is 200 g/mol. The number of rotatable bonds is 2. The number of fused-ring (bicyclic) bond motifs is 1. The zero-order chi connectivity index (χ0) is 10.8. The molecule has 2 aromatic rings. The molecule has 1 atom stereocenters. The molecular formula is C11H9F2NO. The second kappa shape index (κ2) is 3.90. The molecule has 0 aliphatic rings. The van der Waals surface area contributed by atoms with E-state index in [1.165, 1.54) is 6.07 Å². The minimum absolute atomic E-state index is 0.218. The Hall–Kier alpha value is -1.55. The topological polar surface area (TPSA) is 33.1 Å². The molecule has 0 aliphatic heterocycles. The predicted molar refractivity (Wildman–Crippen MR) is 52.7 cm³/mol. The van der Waals surface area contributed by atoms with Crippen LogP contribution in [0.15, 0.2) is 36.5 Å². The lowest BCUT2D eigenvalue weighted by Gasteiger charge is -2.11. The molecule has 0 bridgehead atoms. The van der Waals surface area contributed by atoms with Gasteiger partial charge in [-0.3, -0.25) is 4.98 Å². The van der Waals surface area contributed by atoms with Gasteiger partial charge in [-0.05, 0) is 17.7 Å². The number of benzene rings is 1. The van der Waals surface area contributed by atoms with Crippen molar-refractivity contribution in [1.82, 2.24) is 4.98 Å². The van der Waals surface area contributed by atoms with Crippen molar-refractivity contribution in [2.75, 3.05) is 0 Å². The van der Waals surface area contributed by atoms with Crippen molar-refractivity contribution in [1.29, 1.82) is 0 Å². The number of aliphatic hydroxyl groups is 1. The van der Waals surface area contributed by atoms with E-state index in [4.69, 9.17) is 0 Å². The Morgan fingerprint density at radius 2 is 1.93 bits per heavy atom. The molecule has 1 aromatic heterocycles. The van der Waals surface area contributed by atoms with Gasteiger partial charge in [0.2, 0.25) is 0 Å². The van der Waals surface area contributed by atoms with Gasteiger partial charge in [-0.25, -0.2) is 8.78 Å². The van der Waals surface area contributed by atoms with Crippen molar-refractivity contribution < 1.29 is 13.9 Å². The van der Waals surface area contributed by atoms with Crippen LogP contribution in [0.3, 0.4) is 0 Å². The van der Waals surface area contributed by atoms with Crippen LogP contribution in [0.2, 0.25) is 0 Å². The van der Waals surface area contributed by atoms with E-state index in [2.05, 4.69) is 4.98 Å². The van der Waals surface area contributed by atoms with E-state index in [0.717, 1.165) is 0 Å². The second-order valence-electron chi connectivity index (χ2n) is 3.20. The Labute approximate surface area is 85.2 Å². The van der Waals surface area contributed by atoms with E-state index in [0.29, 0.717) is 10.9 Å². The van der Waals surface area contributed by atoms with Gasteiger partial charge in [0.15, 0.2) is 0 Å². The van der Waals surface area contributed by atoms with Crippen LogP contribution in [-0.4, -0.2) is 16.5 Å². The highest BCUT2D eigenvalue weighted by Gasteiger charge is 2.20. The second-order valence-corrected chi connectivity index (χ2v) is 3.20. The fourth-order valence-electron chi connectivity index (χ4n) is 1.52. The van der Waals surface area contributed by atoms with Crippen molar-refractivity contribution in [2.24, 2.45) is 0 Å². The lowest BCUT2D eigenvalue weighted by atomic mass is 10.0. The van der Waals surface area contributed by atoms with Gasteiger partial charge in [0, 0.05) is 11.6 Å². The van der Waals surface area contributed by atoms with Gasteiger partial charge in [-0.2, -0.15) is 0 Å². The smallest absolute Gasteiger partial charge is 0.268 e. The molecule has 15 heavy (non-hydrogen) atoms. The summed E-state index contributed by atoms with van der Waals surface area (Å²) in [6.45, 7) is 0. The molecule has 0 spiro atoms. The molecule has 1 heterocycles. The van der Waals surface area contributed by atoms with Crippen molar-refractivity contribution >= 4 is 10.9 Å². The quantitative estimate of drug-likeness (QED) is 0.824. The van der Waals surface area contributed by atoms with Gasteiger partial charge in [0.1, 0.15) is 6.10 Å². The average molecular weight is 209 g/mol. The highest BCUT2D eigenvalue weighted by atomic mass is 19.3. The third kappa shape index (κ3) is 1.80. The minimum Gasteiger partial charge on any atom is -0.382 e. The van der Waals surface area contributed by atoms with E-state index >= 15 is 0 Å². The lowest BCUT2D eigenvalue weighted by Crippen LogP contribution is -2.08. The molecule has 0 fully saturated rings. The van der Waals surface area contributed by atoms with Crippen LogP contribution >= 0.6 is 0 Å². The maximum atomic E-state index is 12.4. The molecule has 2 rings (SSSR count). The molecule has 4 heteroatoms. The van der Waals surface area contributed by atoms with Crippen molar-refractivity contribution in [3.8, 4) is 0 Å². The van der Waals surface area contributed by atoms with Crippen LogP contribution in [0.4, 0.5) is 8.78 Å². The third-order valence-electron chi connectivity index (χ3n) is 2.24. The van der Waals surface area contributed by atoms with Gasteiger partial charge >= 0.3 is 0 Å². The molecule has 0 saturated carbocycles. The van der Waals surface area contributed by atoms with Crippen molar-refractivity contribution in [3.63, 3.8) is 0 Å². The van der Waals surface area contributed by atoms with Crippen LogP contribution in [-0.2, 0) is 0 Å². The van der Waals surface area contributed by atoms with Crippen molar-refractivity contribution in [3.05, 3.63) is 42.1 Å². The van der Waals surface area contributed by atoms with Crippen molar-refractivity contribution in [2.45, 2.75) is 12.5 Å². The normalized spacial score (nSPS) is 13.3. The zero-order valence-corrected chi connectivity index (χ0v) is 7.77. The fourth-order valence-corrected chi connectivity index (χ4v) is 1.52. The minimum atomic E-state index is -2.78. The van der Waals surface area contributed by atoms with Crippen LogP contribution < -0.4 is 0 Å². The Bertz CT molecular complexity index is 468. The van der Waals surface area contributed by atoms with Crippen LogP contribution in [0, 0.1) is 0 Å². The summed E-state index contributed by atoms with van der Waals surface area (Å²) >= 11 is 0. The number of hydrogen-bond donors (Lipinski definition) is 1. The molecule has 1 aromatic carbocycles. The Morgan fingerprint density at radius 1 is 1.13 bits per heavy atom. The van der Waals surface area contributed by atoms with Gasteiger partial charge in [0.05, 0.1) is 5.52 Å². The largest absolute Gasteiger partial charge is 0.382 e. The summed E-state index contributed by atoms with van der Waals surface area (Å²) in [4.78, 5) is 4.03. The summed E-state index contributed by atoms with van der Waals surface area (Å²) in [5.74, 6) is 0. The Morgan fingerprint density at radius 3 is 2.67 bits per heavy atom. The fraction of sp³-hybridized carbons (Fsp3) is 0.182. The Kier molecular flexibility index (Phi) is 2.60. The monoisotopic (exact) mass is 209 g/mol. The summed E-state index contributed by atoms with van der Waals surface area (Å²) in [5.41, 5.74) is 0.824. The summed E-state index contributed by atoms with van der Waals surface area (Å²) in [6, 6.07) is 8.14. The molecule has 2 nitrogen and oxygen atoms in total.